The Labute approximate surface area is 115 Å². The molecule has 2 rings (SSSR count). The Morgan fingerprint density at radius 2 is 1.90 bits per heavy atom. The second kappa shape index (κ2) is 5.79. The van der Waals surface area contributed by atoms with Crippen LogP contribution in [-0.2, 0) is 6.42 Å². The Hall–Kier alpha value is -2.27. The van der Waals surface area contributed by atoms with Crippen molar-refractivity contribution in [2.24, 2.45) is 0 Å². The number of nitro groups is 1. The van der Waals surface area contributed by atoms with Crippen molar-refractivity contribution in [3.63, 3.8) is 0 Å². The van der Waals surface area contributed by atoms with E-state index in [-0.39, 0.29) is 17.7 Å². The normalized spacial score (nSPS) is 12.2. The lowest BCUT2D eigenvalue weighted by molar-refractivity contribution is -0.384. The third-order valence-corrected chi connectivity index (χ3v) is 3.09. The van der Waals surface area contributed by atoms with E-state index >= 15 is 0 Å². The van der Waals surface area contributed by atoms with Gasteiger partial charge in [-0.2, -0.15) is 0 Å². The maximum absolute atomic E-state index is 13.6. The Kier molecular flexibility index (Phi) is 4.10. The van der Waals surface area contributed by atoms with Crippen LogP contribution in [0, 0.1) is 22.9 Å². The van der Waals surface area contributed by atoms with Crippen LogP contribution in [-0.4, -0.2) is 10.0 Å². The minimum absolute atomic E-state index is 0.00928. The fraction of sp³-hybridized carbons (Fsp3) is 0.200. The van der Waals surface area contributed by atoms with Crippen LogP contribution in [0.1, 0.15) is 22.8 Å². The Morgan fingerprint density at radius 3 is 2.50 bits per heavy atom. The average Bonchev–Trinajstić information content (AvgIpc) is 2.42. The molecule has 0 radical (unpaired) electrons. The number of hydrogen-bond donors (Lipinski definition) is 1. The molecular formula is C15H14FNO3. The van der Waals surface area contributed by atoms with Gasteiger partial charge in [-0.15, -0.1) is 0 Å². The summed E-state index contributed by atoms with van der Waals surface area (Å²) in [6, 6.07) is 10.4. The van der Waals surface area contributed by atoms with Gasteiger partial charge in [0.05, 0.1) is 11.0 Å². The summed E-state index contributed by atoms with van der Waals surface area (Å²) in [7, 11) is 0. The van der Waals surface area contributed by atoms with Crippen LogP contribution in [0.5, 0.6) is 0 Å². The van der Waals surface area contributed by atoms with Crippen LogP contribution >= 0.6 is 0 Å². The highest BCUT2D eigenvalue weighted by molar-refractivity contribution is 5.34. The molecule has 20 heavy (non-hydrogen) atoms. The molecule has 5 heteroatoms. The lowest BCUT2D eigenvalue weighted by Gasteiger charge is -2.12. The summed E-state index contributed by atoms with van der Waals surface area (Å²) in [5, 5.41) is 20.6. The number of aliphatic hydroxyl groups excluding tert-OH is 1. The van der Waals surface area contributed by atoms with Gasteiger partial charge in [-0.1, -0.05) is 29.8 Å². The molecular weight excluding hydrogens is 261 g/mol. The van der Waals surface area contributed by atoms with Crippen LogP contribution in [0.4, 0.5) is 10.1 Å². The van der Waals surface area contributed by atoms with Crippen LogP contribution in [0.3, 0.4) is 0 Å². The topological polar surface area (TPSA) is 63.4 Å². The van der Waals surface area contributed by atoms with Gasteiger partial charge in [0.25, 0.3) is 5.69 Å². The Morgan fingerprint density at radius 1 is 1.25 bits per heavy atom. The summed E-state index contributed by atoms with van der Waals surface area (Å²) in [5.74, 6) is -0.454. The third kappa shape index (κ3) is 3.19. The molecule has 2 aromatic carbocycles. The zero-order valence-corrected chi connectivity index (χ0v) is 10.9. The zero-order chi connectivity index (χ0) is 14.7. The van der Waals surface area contributed by atoms with E-state index in [1.807, 2.05) is 6.92 Å². The molecule has 0 bridgehead atoms. The molecule has 0 spiro atoms. The first kappa shape index (κ1) is 14.1. The standard InChI is InChI=1S/C15H14FNO3/c1-10-2-7-14(16)13(8-10)15(18)9-11-3-5-12(6-4-11)17(19)20/h2-8,15,18H,9H2,1H3. The molecule has 1 atom stereocenters. The molecule has 1 unspecified atom stereocenters. The van der Waals surface area contributed by atoms with Gasteiger partial charge in [-0.05, 0) is 18.6 Å². The van der Waals surface area contributed by atoms with E-state index in [0.717, 1.165) is 5.56 Å². The molecule has 0 aromatic heterocycles. The molecule has 2 aromatic rings. The number of halogens is 1. The highest BCUT2D eigenvalue weighted by Gasteiger charge is 2.14. The van der Waals surface area contributed by atoms with Crippen molar-refractivity contribution in [2.75, 3.05) is 0 Å². The fourth-order valence-corrected chi connectivity index (χ4v) is 2.01. The van der Waals surface area contributed by atoms with Gasteiger partial charge < -0.3 is 5.11 Å². The number of nitrogens with zero attached hydrogens (tertiary/aromatic N) is 1. The van der Waals surface area contributed by atoms with Crippen molar-refractivity contribution < 1.29 is 14.4 Å². The molecule has 0 aliphatic heterocycles. The zero-order valence-electron chi connectivity index (χ0n) is 10.9. The predicted molar refractivity (Wildman–Crippen MR) is 72.9 cm³/mol. The van der Waals surface area contributed by atoms with Gasteiger partial charge in [0.2, 0.25) is 0 Å². The Balaban J connectivity index is 2.16. The largest absolute Gasteiger partial charge is 0.388 e. The second-order valence-electron chi connectivity index (χ2n) is 4.67. The van der Waals surface area contributed by atoms with E-state index in [0.29, 0.717) is 5.56 Å². The van der Waals surface area contributed by atoms with E-state index in [1.54, 1.807) is 24.3 Å². The molecule has 0 heterocycles. The smallest absolute Gasteiger partial charge is 0.269 e. The quantitative estimate of drug-likeness (QED) is 0.687. The minimum Gasteiger partial charge on any atom is -0.388 e. The first-order chi connectivity index (χ1) is 9.47. The SMILES string of the molecule is Cc1ccc(F)c(C(O)Cc2ccc([N+](=O)[O-])cc2)c1. The van der Waals surface area contributed by atoms with E-state index < -0.39 is 16.8 Å². The summed E-state index contributed by atoms with van der Waals surface area (Å²) >= 11 is 0. The summed E-state index contributed by atoms with van der Waals surface area (Å²) < 4.78 is 13.6. The summed E-state index contributed by atoms with van der Waals surface area (Å²) in [5.41, 5.74) is 1.81. The fourth-order valence-electron chi connectivity index (χ4n) is 2.01. The van der Waals surface area contributed by atoms with Gasteiger partial charge in [-0.3, -0.25) is 10.1 Å². The van der Waals surface area contributed by atoms with E-state index in [4.69, 9.17) is 0 Å². The summed E-state index contributed by atoms with van der Waals surface area (Å²) in [4.78, 5) is 10.1. The Bertz CT molecular complexity index is 626. The van der Waals surface area contributed by atoms with Crippen molar-refractivity contribution >= 4 is 5.69 Å². The highest BCUT2D eigenvalue weighted by Crippen LogP contribution is 2.23. The van der Waals surface area contributed by atoms with Gasteiger partial charge in [0, 0.05) is 24.1 Å². The molecule has 1 N–H and O–H groups in total. The maximum atomic E-state index is 13.6. The van der Waals surface area contributed by atoms with Crippen LogP contribution in [0.15, 0.2) is 42.5 Å². The lowest BCUT2D eigenvalue weighted by atomic mass is 9.99. The number of benzene rings is 2. The second-order valence-corrected chi connectivity index (χ2v) is 4.67. The molecule has 104 valence electrons. The van der Waals surface area contributed by atoms with Crippen molar-refractivity contribution in [2.45, 2.75) is 19.4 Å². The average molecular weight is 275 g/mol. The van der Waals surface area contributed by atoms with Gasteiger partial charge in [0.15, 0.2) is 0 Å². The molecule has 0 aliphatic carbocycles. The maximum Gasteiger partial charge on any atom is 0.269 e. The first-order valence-corrected chi connectivity index (χ1v) is 6.15. The first-order valence-electron chi connectivity index (χ1n) is 6.15. The highest BCUT2D eigenvalue weighted by atomic mass is 19.1. The minimum atomic E-state index is -0.976. The number of nitro benzene ring substituents is 1. The van der Waals surface area contributed by atoms with E-state index in [2.05, 4.69) is 0 Å². The van der Waals surface area contributed by atoms with E-state index in [1.165, 1.54) is 18.2 Å². The number of rotatable bonds is 4. The lowest BCUT2D eigenvalue weighted by Crippen LogP contribution is -2.05. The molecule has 0 saturated carbocycles. The van der Waals surface area contributed by atoms with Crippen LogP contribution in [0.25, 0.3) is 0 Å². The van der Waals surface area contributed by atoms with Gasteiger partial charge in [-0.25, -0.2) is 4.39 Å². The number of aliphatic hydroxyl groups is 1. The molecule has 0 saturated heterocycles. The monoisotopic (exact) mass is 275 g/mol. The van der Waals surface area contributed by atoms with Crippen molar-refractivity contribution in [1.29, 1.82) is 0 Å². The van der Waals surface area contributed by atoms with Gasteiger partial charge in [0.1, 0.15) is 5.82 Å². The van der Waals surface area contributed by atoms with Crippen LogP contribution < -0.4 is 0 Å². The third-order valence-electron chi connectivity index (χ3n) is 3.09. The summed E-state index contributed by atoms with van der Waals surface area (Å²) in [6.07, 6.45) is -0.769. The molecule has 0 aliphatic rings. The van der Waals surface area contributed by atoms with Crippen LogP contribution in [0.2, 0.25) is 0 Å². The number of aryl methyl sites for hydroxylation is 1. The number of hydrogen-bond acceptors (Lipinski definition) is 3. The van der Waals surface area contributed by atoms with Crippen molar-refractivity contribution in [3.05, 3.63) is 75.1 Å². The number of non-ortho nitro benzene ring substituents is 1. The van der Waals surface area contributed by atoms with E-state index in [9.17, 15) is 19.6 Å². The predicted octanol–water partition coefficient (Wildman–Crippen LogP) is 3.32. The molecule has 4 nitrogen and oxygen atoms in total. The van der Waals surface area contributed by atoms with Gasteiger partial charge >= 0.3 is 0 Å². The van der Waals surface area contributed by atoms with Crippen molar-refractivity contribution in [1.82, 2.24) is 0 Å². The molecule has 0 amide bonds. The summed E-state index contributed by atoms with van der Waals surface area (Å²) in [6.45, 7) is 1.82. The molecule has 0 fully saturated rings. The van der Waals surface area contributed by atoms with Crippen molar-refractivity contribution in [3.8, 4) is 0 Å².